The number of aliphatic hydroxyl groups is 4. The van der Waals surface area contributed by atoms with Crippen LogP contribution in [0, 0.1) is 0 Å². The van der Waals surface area contributed by atoms with E-state index in [9.17, 15) is 45.3 Å². The molecule has 16 nitrogen and oxygen atoms in total. The van der Waals surface area contributed by atoms with Crippen molar-refractivity contribution < 1.29 is 78.5 Å². The minimum atomic E-state index is -1.80. The number of carbonyl (C=O) groups excluding carboxylic acids is 2. The predicted octanol–water partition coefficient (Wildman–Crippen LogP) is -0.142. The number of rotatable bonds is 12. The van der Waals surface area contributed by atoms with Gasteiger partial charge in [-0.05, 0) is 54.8 Å². The quantitative estimate of drug-likeness (QED) is 0.0877. The Morgan fingerprint density at radius 1 is 0.854 bits per heavy atom. The standard InChI is InChI=1S/C32H40O16/c1-15-25(39)26(40)27(41)31(44-15)48-29-28(47-24(38)9-6-17-5-8-20(36)22(13-17)42-3)23(14-33)46-32(30(29)45-16(2)34)43-11-10-18-4-7-19(35)21(37)12-18/h4-9,12-13,15,23,25-33,35-37,39-41H,10-11,14H2,1-3H3/t15-,23+,25-,26+,27+,28+,29-,30+,31-,32+/m0/s1. The van der Waals surface area contributed by atoms with Gasteiger partial charge in [-0.15, -0.1) is 0 Å². The van der Waals surface area contributed by atoms with E-state index in [-0.39, 0.29) is 36.0 Å². The minimum Gasteiger partial charge on any atom is -0.504 e. The molecule has 7 N–H and O–H groups in total. The van der Waals surface area contributed by atoms with Crippen LogP contribution in [0.25, 0.3) is 6.08 Å². The lowest BCUT2D eigenvalue weighted by atomic mass is 9.96. The third kappa shape index (κ3) is 8.91. The second-order valence-corrected chi connectivity index (χ2v) is 11.2. The molecule has 2 saturated heterocycles. The van der Waals surface area contributed by atoms with Crippen molar-refractivity contribution in [2.24, 2.45) is 0 Å². The molecule has 0 bridgehead atoms. The van der Waals surface area contributed by atoms with Gasteiger partial charge in [0.15, 0.2) is 47.8 Å². The number of methoxy groups -OCH3 is 1. The van der Waals surface area contributed by atoms with Gasteiger partial charge in [-0.2, -0.15) is 0 Å². The SMILES string of the molecule is COc1cc(C=CC(=O)O[C@H]2[C@H](O[C@@H]3O[C@@H](C)[C@H](O)[C@@H](O)[C@H]3O)[C@@H](OC(C)=O)[C@H](OCCc3ccc(O)c(O)c3)O[C@@H]2CO)ccc1O. The number of hydrogen-bond donors (Lipinski definition) is 7. The first-order valence-electron chi connectivity index (χ1n) is 15.0. The van der Waals surface area contributed by atoms with Crippen LogP contribution < -0.4 is 4.74 Å². The summed E-state index contributed by atoms with van der Waals surface area (Å²) in [5.74, 6) is -2.39. The lowest BCUT2D eigenvalue weighted by molar-refractivity contribution is -0.358. The molecule has 2 aromatic rings. The predicted molar refractivity (Wildman–Crippen MR) is 162 cm³/mol. The Balaban J connectivity index is 1.62. The number of carbonyl (C=O) groups is 2. The summed E-state index contributed by atoms with van der Waals surface area (Å²) in [6, 6.07) is 8.50. The van der Waals surface area contributed by atoms with Crippen molar-refractivity contribution in [3.63, 3.8) is 0 Å². The van der Waals surface area contributed by atoms with Crippen molar-refractivity contribution in [1.29, 1.82) is 0 Å². The zero-order valence-corrected chi connectivity index (χ0v) is 26.3. The Bertz CT molecular complexity index is 1430. The number of benzene rings is 2. The van der Waals surface area contributed by atoms with Gasteiger partial charge in [0, 0.05) is 13.0 Å². The highest BCUT2D eigenvalue weighted by molar-refractivity contribution is 5.87. The molecule has 0 radical (unpaired) electrons. The minimum absolute atomic E-state index is 0.0920. The highest BCUT2D eigenvalue weighted by Crippen LogP contribution is 2.33. The maximum absolute atomic E-state index is 13.1. The largest absolute Gasteiger partial charge is 0.504 e. The molecule has 16 heteroatoms. The molecule has 0 spiro atoms. The van der Waals surface area contributed by atoms with E-state index >= 15 is 0 Å². The van der Waals surface area contributed by atoms with E-state index in [0.717, 1.165) is 13.0 Å². The van der Waals surface area contributed by atoms with Crippen LogP contribution in [-0.2, 0) is 44.4 Å². The molecule has 48 heavy (non-hydrogen) atoms. The average Bonchev–Trinajstić information content (AvgIpc) is 3.05. The van der Waals surface area contributed by atoms with Crippen molar-refractivity contribution in [3.05, 3.63) is 53.6 Å². The van der Waals surface area contributed by atoms with Gasteiger partial charge in [0.25, 0.3) is 0 Å². The van der Waals surface area contributed by atoms with Gasteiger partial charge in [0.05, 0.1) is 26.4 Å². The number of esters is 2. The van der Waals surface area contributed by atoms with Crippen LogP contribution in [0.3, 0.4) is 0 Å². The maximum Gasteiger partial charge on any atom is 0.331 e. The number of aliphatic hydroxyl groups excluding tert-OH is 4. The molecule has 4 rings (SSSR count). The number of phenols is 3. The summed E-state index contributed by atoms with van der Waals surface area (Å²) in [7, 11) is 1.36. The lowest BCUT2D eigenvalue weighted by Crippen LogP contribution is -2.65. The third-order valence-electron chi connectivity index (χ3n) is 7.75. The summed E-state index contributed by atoms with van der Waals surface area (Å²) in [4.78, 5) is 25.4. The number of ether oxygens (including phenoxy) is 7. The molecule has 0 amide bonds. The van der Waals surface area contributed by atoms with Crippen LogP contribution in [-0.4, -0.2) is 129 Å². The Morgan fingerprint density at radius 3 is 2.25 bits per heavy atom. The first kappa shape index (κ1) is 36.8. The van der Waals surface area contributed by atoms with Gasteiger partial charge in [0.2, 0.25) is 0 Å². The molecule has 0 saturated carbocycles. The van der Waals surface area contributed by atoms with Crippen LogP contribution in [0.5, 0.6) is 23.0 Å². The van der Waals surface area contributed by atoms with E-state index < -0.39 is 80.0 Å². The molecular formula is C32H40O16. The second-order valence-electron chi connectivity index (χ2n) is 11.2. The third-order valence-corrected chi connectivity index (χ3v) is 7.75. The summed E-state index contributed by atoms with van der Waals surface area (Å²) in [6.45, 7) is 1.68. The van der Waals surface area contributed by atoms with Crippen LogP contribution in [0.1, 0.15) is 25.0 Å². The van der Waals surface area contributed by atoms with E-state index in [4.69, 9.17) is 33.2 Å². The first-order valence-corrected chi connectivity index (χ1v) is 15.0. The van der Waals surface area contributed by atoms with Crippen molar-refractivity contribution in [1.82, 2.24) is 0 Å². The van der Waals surface area contributed by atoms with Crippen molar-refractivity contribution in [3.8, 4) is 23.0 Å². The first-order chi connectivity index (χ1) is 22.8. The number of phenolic OH excluding ortho intramolecular Hbond substituents is 3. The van der Waals surface area contributed by atoms with Crippen LogP contribution in [0.15, 0.2) is 42.5 Å². The van der Waals surface area contributed by atoms with Crippen LogP contribution in [0.2, 0.25) is 0 Å². The van der Waals surface area contributed by atoms with Gasteiger partial charge in [-0.1, -0.05) is 12.1 Å². The molecule has 2 aliphatic heterocycles. The normalized spacial score (nSPS) is 30.6. The summed E-state index contributed by atoms with van der Waals surface area (Å²) in [5, 5.41) is 70.8. The Hall–Kier alpha value is -4.00. The lowest BCUT2D eigenvalue weighted by Gasteiger charge is -2.47. The second kappa shape index (κ2) is 16.4. The van der Waals surface area contributed by atoms with E-state index in [1.807, 2.05) is 0 Å². The smallest absolute Gasteiger partial charge is 0.331 e. The molecule has 2 heterocycles. The molecule has 2 fully saturated rings. The Kier molecular flexibility index (Phi) is 12.6. The molecule has 0 aromatic heterocycles. The van der Waals surface area contributed by atoms with E-state index in [1.165, 1.54) is 50.4 Å². The highest BCUT2D eigenvalue weighted by atomic mass is 16.8. The van der Waals surface area contributed by atoms with Crippen molar-refractivity contribution >= 4 is 18.0 Å². The van der Waals surface area contributed by atoms with E-state index in [2.05, 4.69) is 0 Å². The van der Waals surface area contributed by atoms with Gasteiger partial charge in [-0.3, -0.25) is 4.79 Å². The average molecular weight is 681 g/mol. The summed E-state index contributed by atoms with van der Waals surface area (Å²) in [5.41, 5.74) is 1.03. The fraction of sp³-hybridized carbons (Fsp3) is 0.500. The molecule has 10 atom stereocenters. The molecule has 2 aromatic carbocycles. The van der Waals surface area contributed by atoms with Crippen molar-refractivity contribution in [2.75, 3.05) is 20.3 Å². The molecule has 0 unspecified atom stereocenters. The van der Waals surface area contributed by atoms with Crippen molar-refractivity contribution in [2.45, 2.75) is 81.7 Å². The van der Waals surface area contributed by atoms with Gasteiger partial charge in [-0.25, -0.2) is 4.79 Å². The monoisotopic (exact) mass is 680 g/mol. The molecular weight excluding hydrogens is 640 g/mol. The topological polar surface area (TPSA) is 240 Å². The molecule has 264 valence electrons. The number of aromatic hydroxyl groups is 3. The summed E-state index contributed by atoms with van der Waals surface area (Å²) >= 11 is 0. The fourth-order valence-corrected chi connectivity index (χ4v) is 5.21. The zero-order valence-electron chi connectivity index (χ0n) is 26.3. The Labute approximate surface area is 275 Å². The molecule has 0 aliphatic carbocycles. The fourth-order valence-electron chi connectivity index (χ4n) is 5.21. The Morgan fingerprint density at radius 2 is 1.58 bits per heavy atom. The van der Waals surface area contributed by atoms with E-state index in [1.54, 1.807) is 6.07 Å². The van der Waals surface area contributed by atoms with Crippen LogP contribution >= 0.6 is 0 Å². The van der Waals surface area contributed by atoms with Gasteiger partial charge < -0.3 is 68.9 Å². The van der Waals surface area contributed by atoms with Gasteiger partial charge in [0.1, 0.15) is 30.5 Å². The van der Waals surface area contributed by atoms with Crippen LogP contribution in [0.4, 0.5) is 0 Å². The summed E-state index contributed by atoms with van der Waals surface area (Å²) < 4.78 is 39.6. The zero-order chi connectivity index (χ0) is 35.1. The highest BCUT2D eigenvalue weighted by Gasteiger charge is 2.54. The molecule has 2 aliphatic rings. The summed E-state index contributed by atoms with van der Waals surface area (Å²) in [6.07, 6.45) is -12.4. The maximum atomic E-state index is 13.1. The van der Waals surface area contributed by atoms with Gasteiger partial charge >= 0.3 is 11.9 Å². The van der Waals surface area contributed by atoms with E-state index in [0.29, 0.717) is 11.1 Å². The number of hydrogen-bond acceptors (Lipinski definition) is 16.